The van der Waals surface area contributed by atoms with Crippen molar-refractivity contribution in [1.82, 2.24) is 14.9 Å². The maximum absolute atomic E-state index is 11.9. The van der Waals surface area contributed by atoms with Gasteiger partial charge in [0.2, 0.25) is 11.8 Å². The van der Waals surface area contributed by atoms with Crippen LogP contribution in [-0.2, 0) is 9.53 Å². The summed E-state index contributed by atoms with van der Waals surface area (Å²) in [6.45, 7) is 3.50. The van der Waals surface area contributed by atoms with Crippen molar-refractivity contribution in [2.24, 2.45) is 0 Å². The van der Waals surface area contributed by atoms with E-state index < -0.39 is 0 Å². The Balaban J connectivity index is 1.68. The van der Waals surface area contributed by atoms with E-state index in [-0.39, 0.29) is 18.4 Å². The van der Waals surface area contributed by atoms with E-state index in [9.17, 15) is 4.79 Å². The van der Waals surface area contributed by atoms with Crippen molar-refractivity contribution in [1.29, 1.82) is 0 Å². The zero-order valence-corrected chi connectivity index (χ0v) is 14.6. The third-order valence-corrected chi connectivity index (χ3v) is 4.29. The molecule has 1 aliphatic heterocycles. The van der Waals surface area contributed by atoms with Crippen LogP contribution in [0, 0.1) is 6.92 Å². The minimum Gasteiger partial charge on any atom is -0.439 e. The van der Waals surface area contributed by atoms with Crippen molar-refractivity contribution >= 4 is 5.91 Å². The number of likely N-dealkylation sites (tertiary alicyclic amines) is 1. The first kappa shape index (κ1) is 17.4. The molecule has 0 aliphatic carbocycles. The van der Waals surface area contributed by atoms with Gasteiger partial charge in [-0.1, -0.05) is 18.2 Å². The second kappa shape index (κ2) is 8.07. The molecule has 0 atom stereocenters. The fraction of sp³-hybridized carbons (Fsp3) is 0.421. The minimum atomic E-state index is 0.0409. The predicted octanol–water partition coefficient (Wildman–Crippen LogP) is 2.93. The Labute approximate surface area is 147 Å². The summed E-state index contributed by atoms with van der Waals surface area (Å²) in [6, 6.07) is 11.4. The molecular weight excluding hydrogens is 318 g/mol. The molecule has 1 saturated heterocycles. The maximum atomic E-state index is 11.9. The number of rotatable bonds is 5. The number of hydrogen-bond donors (Lipinski definition) is 0. The van der Waals surface area contributed by atoms with E-state index in [4.69, 9.17) is 9.47 Å². The lowest BCUT2D eigenvalue weighted by atomic mass is 9.96. The van der Waals surface area contributed by atoms with Gasteiger partial charge in [0.25, 0.3) is 0 Å². The number of ether oxygens (including phenoxy) is 2. The molecule has 132 valence electrons. The average molecular weight is 341 g/mol. The summed E-state index contributed by atoms with van der Waals surface area (Å²) >= 11 is 0. The summed E-state index contributed by atoms with van der Waals surface area (Å²) in [6.07, 6.45) is 1.70. The fourth-order valence-corrected chi connectivity index (χ4v) is 3.01. The first-order valence-corrected chi connectivity index (χ1v) is 8.51. The van der Waals surface area contributed by atoms with Gasteiger partial charge in [-0.2, -0.15) is 4.98 Å². The van der Waals surface area contributed by atoms with Crippen molar-refractivity contribution in [3.63, 3.8) is 0 Å². The Kier molecular flexibility index (Phi) is 5.60. The first-order valence-electron chi connectivity index (χ1n) is 8.51. The lowest BCUT2D eigenvalue weighted by molar-refractivity contribution is -0.136. The van der Waals surface area contributed by atoms with Gasteiger partial charge in [0.05, 0.1) is 0 Å². The zero-order valence-electron chi connectivity index (χ0n) is 14.6. The third kappa shape index (κ3) is 4.54. The molecule has 2 aromatic rings. The zero-order chi connectivity index (χ0) is 17.6. The fourth-order valence-electron chi connectivity index (χ4n) is 3.01. The van der Waals surface area contributed by atoms with Crippen LogP contribution < -0.4 is 4.74 Å². The number of amides is 1. The molecule has 0 N–H and O–H groups in total. The number of methoxy groups -OCH3 is 1. The van der Waals surface area contributed by atoms with Gasteiger partial charge in [0.15, 0.2) is 0 Å². The molecule has 2 heterocycles. The summed E-state index contributed by atoms with van der Waals surface area (Å²) in [5.41, 5.74) is 0.883. The smallest absolute Gasteiger partial charge is 0.248 e. The predicted molar refractivity (Wildman–Crippen MR) is 93.7 cm³/mol. The number of piperidine rings is 1. The van der Waals surface area contributed by atoms with E-state index in [2.05, 4.69) is 9.97 Å². The Morgan fingerprint density at radius 3 is 2.60 bits per heavy atom. The molecule has 0 spiro atoms. The van der Waals surface area contributed by atoms with E-state index in [1.54, 1.807) is 7.11 Å². The molecule has 1 fully saturated rings. The molecule has 1 amide bonds. The van der Waals surface area contributed by atoms with Crippen LogP contribution in [0.1, 0.15) is 30.3 Å². The summed E-state index contributed by atoms with van der Waals surface area (Å²) in [5.74, 6) is 2.40. The number of nitrogens with zero attached hydrogens (tertiary/aromatic N) is 3. The molecular formula is C19H23N3O3. The third-order valence-electron chi connectivity index (χ3n) is 4.29. The molecule has 6 heteroatoms. The Morgan fingerprint density at radius 2 is 1.92 bits per heavy atom. The van der Waals surface area contributed by atoms with Crippen LogP contribution in [-0.4, -0.2) is 47.6 Å². The molecule has 0 radical (unpaired) electrons. The molecule has 1 aliphatic rings. The number of carbonyl (C=O) groups excluding carboxylic acids is 1. The highest BCUT2D eigenvalue weighted by atomic mass is 16.5. The number of para-hydroxylation sites is 1. The number of aromatic nitrogens is 2. The Hall–Kier alpha value is -2.47. The van der Waals surface area contributed by atoms with Crippen LogP contribution in [0.4, 0.5) is 0 Å². The van der Waals surface area contributed by atoms with Crippen LogP contribution in [0.2, 0.25) is 0 Å². The second-order valence-corrected chi connectivity index (χ2v) is 6.21. The molecule has 0 unspecified atom stereocenters. The molecule has 1 aromatic heterocycles. The van der Waals surface area contributed by atoms with E-state index in [0.29, 0.717) is 19.0 Å². The molecule has 0 saturated carbocycles. The van der Waals surface area contributed by atoms with Gasteiger partial charge in [0, 0.05) is 37.9 Å². The van der Waals surface area contributed by atoms with Crippen molar-refractivity contribution in [3.05, 3.63) is 47.9 Å². The Bertz CT molecular complexity index is 713. The second-order valence-electron chi connectivity index (χ2n) is 6.21. The first-order chi connectivity index (χ1) is 12.2. The molecule has 3 rings (SSSR count). The van der Waals surface area contributed by atoms with Crippen LogP contribution in [0.25, 0.3) is 0 Å². The van der Waals surface area contributed by atoms with E-state index in [1.807, 2.05) is 48.2 Å². The largest absolute Gasteiger partial charge is 0.439 e. The van der Waals surface area contributed by atoms with Crippen LogP contribution in [0.5, 0.6) is 11.6 Å². The van der Waals surface area contributed by atoms with Gasteiger partial charge in [-0.3, -0.25) is 4.79 Å². The summed E-state index contributed by atoms with van der Waals surface area (Å²) in [4.78, 5) is 22.9. The quantitative estimate of drug-likeness (QED) is 0.837. The number of carbonyl (C=O) groups is 1. The van der Waals surface area contributed by atoms with E-state index in [0.717, 1.165) is 30.1 Å². The van der Waals surface area contributed by atoms with E-state index in [1.165, 1.54) is 0 Å². The van der Waals surface area contributed by atoms with Crippen LogP contribution in [0.15, 0.2) is 36.4 Å². The van der Waals surface area contributed by atoms with Gasteiger partial charge in [0.1, 0.15) is 18.2 Å². The average Bonchev–Trinajstić information content (AvgIpc) is 2.62. The van der Waals surface area contributed by atoms with Crippen LogP contribution >= 0.6 is 0 Å². The van der Waals surface area contributed by atoms with Crippen molar-refractivity contribution in [2.75, 3.05) is 26.8 Å². The maximum Gasteiger partial charge on any atom is 0.248 e. The highest BCUT2D eigenvalue weighted by Gasteiger charge is 2.26. The normalized spacial score (nSPS) is 15.2. The highest BCUT2D eigenvalue weighted by Crippen LogP contribution is 2.28. The highest BCUT2D eigenvalue weighted by molar-refractivity contribution is 5.77. The minimum absolute atomic E-state index is 0.0409. The van der Waals surface area contributed by atoms with Gasteiger partial charge < -0.3 is 14.4 Å². The number of hydrogen-bond acceptors (Lipinski definition) is 5. The monoisotopic (exact) mass is 341 g/mol. The lowest BCUT2D eigenvalue weighted by Crippen LogP contribution is -2.40. The molecule has 0 bridgehead atoms. The summed E-state index contributed by atoms with van der Waals surface area (Å²) in [7, 11) is 1.54. The standard InChI is InChI=1S/C19H23N3O3/c1-14-12-17(25-16-6-4-3-5-7-16)21-19(20-14)15-8-10-22(11-9-15)18(23)13-24-2/h3-7,12,15H,8-11,13H2,1-2H3. The van der Waals surface area contributed by atoms with Gasteiger partial charge in [-0.15, -0.1) is 0 Å². The van der Waals surface area contributed by atoms with Gasteiger partial charge >= 0.3 is 0 Å². The molecule has 25 heavy (non-hydrogen) atoms. The topological polar surface area (TPSA) is 64.5 Å². The van der Waals surface area contributed by atoms with Gasteiger partial charge in [-0.05, 0) is 31.9 Å². The lowest BCUT2D eigenvalue weighted by Gasteiger charge is -2.31. The van der Waals surface area contributed by atoms with Crippen molar-refractivity contribution < 1.29 is 14.3 Å². The number of benzene rings is 1. The van der Waals surface area contributed by atoms with Crippen LogP contribution in [0.3, 0.4) is 0 Å². The molecule has 1 aromatic carbocycles. The van der Waals surface area contributed by atoms with Crippen molar-refractivity contribution in [2.45, 2.75) is 25.7 Å². The SMILES string of the molecule is COCC(=O)N1CCC(c2nc(C)cc(Oc3ccccc3)n2)CC1. The summed E-state index contributed by atoms with van der Waals surface area (Å²) < 4.78 is 10.8. The van der Waals surface area contributed by atoms with E-state index >= 15 is 0 Å². The Morgan fingerprint density at radius 1 is 1.20 bits per heavy atom. The van der Waals surface area contributed by atoms with Gasteiger partial charge in [-0.25, -0.2) is 4.98 Å². The number of aryl methyl sites for hydroxylation is 1. The molecule has 6 nitrogen and oxygen atoms in total. The van der Waals surface area contributed by atoms with Crippen molar-refractivity contribution in [3.8, 4) is 11.6 Å². The summed E-state index contributed by atoms with van der Waals surface area (Å²) in [5, 5.41) is 0.